The van der Waals surface area contributed by atoms with Gasteiger partial charge in [0.15, 0.2) is 11.5 Å². The van der Waals surface area contributed by atoms with Gasteiger partial charge >= 0.3 is 0 Å². The van der Waals surface area contributed by atoms with E-state index >= 15 is 0 Å². The molecule has 9 nitrogen and oxygen atoms in total. The van der Waals surface area contributed by atoms with E-state index in [4.69, 9.17) is 9.47 Å². The van der Waals surface area contributed by atoms with E-state index in [0.717, 1.165) is 31.8 Å². The van der Waals surface area contributed by atoms with Crippen LogP contribution in [0.1, 0.15) is 30.4 Å². The van der Waals surface area contributed by atoms with Crippen molar-refractivity contribution in [2.24, 2.45) is 0 Å². The van der Waals surface area contributed by atoms with E-state index in [-0.39, 0.29) is 5.56 Å². The van der Waals surface area contributed by atoms with Gasteiger partial charge in [0.25, 0.3) is 5.56 Å². The number of methoxy groups -OCH3 is 2. The first-order valence-corrected chi connectivity index (χ1v) is 8.90. The standard InChI is InChI=1S/C18H22N6O3/c1-26-14-7-12-13(8-15(14)27-2)21-16(22-18(12)25)9-24-5-3-11(4-6-24)17-19-10-20-23-17/h7-8,10-11H,3-6,9H2,1-2H3,(H,19,20,23)(H,21,22,25). The molecular weight excluding hydrogens is 348 g/mol. The van der Waals surface area contributed by atoms with Crippen molar-refractivity contribution in [2.75, 3.05) is 27.3 Å². The third kappa shape index (κ3) is 3.50. The van der Waals surface area contributed by atoms with Crippen molar-refractivity contribution in [3.8, 4) is 11.5 Å². The van der Waals surface area contributed by atoms with Gasteiger partial charge in [0, 0.05) is 12.0 Å². The molecule has 9 heteroatoms. The van der Waals surface area contributed by atoms with Gasteiger partial charge < -0.3 is 14.5 Å². The number of H-pyrrole nitrogens is 2. The summed E-state index contributed by atoms with van der Waals surface area (Å²) in [5.41, 5.74) is 0.426. The van der Waals surface area contributed by atoms with Gasteiger partial charge in [0.05, 0.1) is 31.7 Å². The zero-order chi connectivity index (χ0) is 18.8. The highest BCUT2D eigenvalue weighted by Crippen LogP contribution is 2.30. The van der Waals surface area contributed by atoms with Crippen LogP contribution in [0.2, 0.25) is 0 Å². The summed E-state index contributed by atoms with van der Waals surface area (Å²) < 4.78 is 10.6. The predicted octanol–water partition coefficient (Wildman–Crippen LogP) is 1.44. The number of aromatic amines is 2. The summed E-state index contributed by atoms with van der Waals surface area (Å²) in [5.74, 6) is 3.08. The highest BCUT2D eigenvalue weighted by Gasteiger charge is 2.23. The number of hydrogen-bond acceptors (Lipinski definition) is 7. The first-order valence-electron chi connectivity index (χ1n) is 8.90. The number of nitrogens with one attached hydrogen (secondary N) is 2. The van der Waals surface area contributed by atoms with Crippen LogP contribution in [-0.4, -0.2) is 57.4 Å². The van der Waals surface area contributed by atoms with Crippen molar-refractivity contribution >= 4 is 10.9 Å². The van der Waals surface area contributed by atoms with Gasteiger partial charge in [-0.2, -0.15) is 5.10 Å². The molecule has 0 amide bonds. The monoisotopic (exact) mass is 370 g/mol. The van der Waals surface area contributed by atoms with E-state index in [1.165, 1.54) is 0 Å². The molecule has 3 heterocycles. The molecule has 0 saturated carbocycles. The molecule has 4 rings (SSSR count). The molecule has 0 atom stereocenters. The lowest BCUT2D eigenvalue weighted by atomic mass is 9.96. The fourth-order valence-corrected chi connectivity index (χ4v) is 3.58. The molecule has 1 fully saturated rings. The molecule has 1 saturated heterocycles. The summed E-state index contributed by atoms with van der Waals surface area (Å²) in [6.07, 6.45) is 3.55. The van der Waals surface area contributed by atoms with Gasteiger partial charge in [-0.05, 0) is 32.0 Å². The van der Waals surface area contributed by atoms with Crippen LogP contribution in [0.15, 0.2) is 23.3 Å². The molecule has 142 valence electrons. The molecule has 0 unspecified atom stereocenters. The molecule has 1 aliphatic heterocycles. The molecule has 1 aliphatic rings. The van der Waals surface area contributed by atoms with Gasteiger partial charge in [-0.15, -0.1) is 0 Å². The van der Waals surface area contributed by atoms with Crippen molar-refractivity contribution in [3.05, 3.63) is 40.5 Å². The van der Waals surface area contributed by atoms with Crippen LogP contribution >= 0.6 is 0 Å². The SMILES string of the molecule is COc1cc2nc(CN3CCC(c4ncn[nH]4)CC3)[nH]c(=O)c2cc1OC. The smallest absolute Gasteiger partial charge is 0.258 e. The van der Waals surface area contributed by atoms with Gasteiger partial charge in [-0.3, -0.25) is 14.8 Å². The number of rotatable bonds is 5. The Kier molecular flexibility index (Phi) is 4.76. The summed E-state index contributed by atoms with van der Waals surface area (Å²) in [7, 11) is 3.11. The fourth-order valence-electron chi connectivity index (χ4n) is 3.58. The Labute approximate surface area is 155 Å². The number of benzene rings is 1. The first kappa shape index (κ1) is 17.5. The Bertz CT molecular complexity index is 977. The van der Waals surface area contributed by atoms with Gasteiger partial charge in [-0.1, -0.05) is 0 Å². The lowest BCUT2D eigenvalue weighted by Crippen LogP contribution is -2.34. The molecule has 0 spiro atoms. The van der Waals surface area contributed by atoms with E-state index in [2.05, 4.69) is 30.0 Å². The minimum absolute atomic E-state index is 0.174. The quantitative estimate of drug-likeness (QED) is 0.699. The number of hydrogen-bond donors (Lipinski definition) is 2. The maximum absolute atomic E-state index is 12.5. The molecule has 0 aliphatic carbocycles. The second-order valence-electron chi connectivity index (χ2n) is 6.66. The average Bonchev–Trinajstić information content (AvgIpc) is 3.22. The molecule has 27 heavy (non-hydrogen) atoms. The number of nitrogens with zero attached hydrogens (tertiary/aromatic N) is 4. The van der Waals surface area contributed by atoms with E-state index in [1.54, 1.807) is 32.7 Å². The van der Waals surface area contributed by atoms with E-state index in [1.807, 2.05) is 0 Å². The van der Waals surface area contributed by atoms with Crippen molar-refractivity contribution in [1.29, 1.82) is 0 Å². The Balaban J connectivity index is 1.52. The van der Waals surface area contributed by atoms with Crippen molar-refractivity contribution < 1.29 is 9.47 Å². The normalized spacial score (nSPS) is 15.9. The third-order valence-electron chi connectivity index (χ3n) is 5.04. The molecule has 3 aromatic rings. The minimum Gasteiger partial charge on any atom is -0.493 e. The zero-order valence-corrected chi connectivity index (χ0v) is 15.4. The number of aromatic nitrogens is 5. The molecule has 1 aromatic carbocycles. The van der Waals surface area contributed by atoms with Crippen molar-refractivity contribution in [1.82, 2.24) is 30.0 Å². The Hall–Kier alpha value is -2.94. The lowest BCUT2D eigenvalue weighted by Gasteiger charge is -2.30. The summed E-state index contributed by atoms with van der Waals surface area (Å²) in [6, 6.07) is 3.40. The molecule has 0 radical (unpaired) electrons. The lowest BCUT2D eigenvalue weighted by molar-refractivity contribution is 0.197. The second kappa shape index (κ2) is 7.36. The Morgan fingerprint density at radius 3 is 2.59 bits per heavy atom. The largest absolute Gasteiger partial charge is 0.493 e. The van der Waals surface area contributed by atoms with Gasteiger partial charge in [0.1, 0.15) is 18.0 Å². The maximum atomic E-state index is 12.5. The van der Waals surface area contributed by atoms with E-state index in [0.29, 0.717) is 40.7 Å². The van der Waals surface area contributed by atoms with Crippen molar-refractivity contribution in [2.45, 2.75) is 25.3 Å². The predicted molar refractivity (Wildman–Crippen MR) is 99.1 cm³/mol. The molecule has 2 N–H and O–H groups in total. The second-order valence-corrected chi connectivity index (χ2v) is 6.66. The topological polar surface area (TPSA) is 109 Å². The zero-order valence-electron chi connectivity index (χ0n) is 15.4. The third-order valence-corrected chi connectivity index (χ3v) is 5.04. The number of fused-ring (bicyclic) bond motifs is 1. The average molecular weight is 370 g/mol. The number of piperidine rings is 1. The van der Waals surface area contributed by atoms with E-state index in [9.17, 15) is 4.79 Å². The van der Waals surface area contributed by atoms with Crippen LogP contribution in [0.25, 0.3) is 10.9 Å². The Morgan fingerprint density at radius 1 is 1.19 bits per heavy atom. The van der Waals surface area contributed by atoms with Crippen LogP contribution < -0.4 is 15.0 Å². The highest BCUT2D eigenvalue weighted by atomic mass is 16.5. The van der Waals surface area contributed by atoms with Crippen LogP contribution in [0.3, 0.4) is 0 Å². The minimum atomic E-state index is -0.174. The molecule has 0 bridgehead atoms. The summed E-state index contributed by atoms with van der Waals surface area (Å²) in [4.78, 5) is 26.5. The summed E-state index contributed by atoms with van der Waals surface area (Å²) in [5, 5.41) is 7.37. The summed E-state index contributed by atoms with van der Waals surface area (Å²) in [6.45, 7) is 2.43. The van der Waals surface area contributed by atoms with Crippen LogP contribution in [0.5, 0.6) is 11.5 Å². The van der Waals surface area contributed by atoms with Gasteiger partial charge in [-0.25, -0.2) is 9.97 Å². The Morgan fingerprint density at radius 2 is 1.93 bits per heavy atom. The number of ether oxygens (including phenoxy) is 2. The molecule has 2 aromatic heterocycles. The van der Waals surface area contributed by atoms with Gasteiger partial charge in [0.2, 0.25) is 0 Å². The van der Waals surface area contributed by atoms with Crippen LogP contribution in [-0.2, 0) is 6.54 Å². The first-order chi connectivity index (χ1) is 13.2. The summed E-state index contributed by atoms with van der Waals surface area (Å²) >= 11 is 0. The van der Waals surface area contributed by atoms with E-state index < -0.39 is 0 Å². The van der Waals surface area contributed by atoms with Crippen molar-refractivity contribution in [3.63, 3.8) is 0 Å². The maximum Gasteiger partial charge on any atom is 0.258 e. The van der Waals surface area contributed by atoms with Crippen LogP contribution in [0.4, 0.5) is 0 Å². The van der Waals surface area contributed by atoms with Crippen LogP contribution in [0, 0.1) is 0 Å². The number of likely N-dealkylation sites (tertiary alicyclic amines) is 1. The fraction of sp³-hybridized carbons (Fsp3) is 0.444. The molecular formula is C18H22N6O3. The highest BCUT2D eigenvalue weighted by molar-refractivity contribution is 5.81.